The third-order valence-corrected chi connectivity index (χ3v) is 3.74. The average Bonchev–Trinajstić information content (AvgIpc) is 2.02. The molecule has 1 heteroatoms. The first-order chi connectivity index (χ1) is 6.42. The van der Waals surface area contributed by atoms with Gasteiger partial charge in [-0.25, -0.2) is 0 Å². The van der Waals surface area contributed by atoms with E-state index in [1.54, 1.807) is 0 Å². The second kappa shape index (κ2) is 4.22. The largest absolute Gasteiger partial charge is 0.115 e. The maximum Gasteiger partial charge on any atom is 0.0353 e. The maximum absolute atomic E-state index is 4.02. The van der Waals surface area contributed by atoms with Gasteiger partial charge in [-0.3, -0.25) is 0 Å². The minimum absolute atomic E-state index is 0.119. The highest BCUT2D eigenvalue weighted by molar-refractivity contribution is 8.00. The Morgan fingerprint density at radius 1 is 1.36 bits per heavy atom. The van der Waals surface area contributed by atoms with Gasteiger partial charge >= 0.3 is 0 Å². The van der Waals surface area contributed by atoms with E-state index in [9.17, 15) is 0 Å². The Labute approximate surface area is 91.4 Å². The van der Waals surface area contributed by atoms with Crippen molar-refractivity contribution in [3.8, 4) is 0 Å². The fourth-order valence-electron chi connectivity index (χ4n) is 1.06. The molecular formula is C13H18S. The molecule has 0 N–H and O–H groups in total. The van der Waals surface area contributed by atoms with Gasteiger partial charge in [-0.15, -0.1) is 11.8 Å². The lowest BCUT2D eigenvalue weighted by Gasteiger charge is -2.24. The molecule has 0 saturated heterocycles. The number of benzene rings is 1. The zero-order valence-corrected chi connectivity index (χ0v) is 10.2. The van der Waals surface area contributed by atoms with E-state index in [2.05, 4.69) is 58.5 Å². The fourth-order valence-corrected chi connectivity index (χ4v) is 2.22. The standard InChI is InChI=1S/C13H18S/c1-10(2)13(4,5)14-12-8-6-7-11(3)9-12/h6-9H,1H2,2-5H3. The van der Waals surface area contributed by atoms with Gasteiger partial charge in [0, 0.05) is 9.64 Å². The van der Waals surface area contributed by atoms with Crippen LogP contribution in [0.15, 0.2) is 41.3 Å². The van der Waals surface area contributed by atoms with Crippen molar-refractivity contribution in [2.24, 2.45) is 0 Å². The normalized spacial score (nSPS) is 11.4. The van der Waals surface area contributed by atoms with E-state index >= 15 is 0 Å². The molecule has 0 aromatic heterocycles. The summed E-state index contributed by atoms with van der Waals surface area (Å²) >= 11 is 1.87. The van der Waals surface area contributed by atoms with E-state index in [1.807, 2.05) is 11.8 Å². The van der Waals surface area contributed by atoms with Crippen molar-refractivity contribution in [1.82, 2.24) is 0 Å². The molecule has 0 aliphatic rings. The zero-order chi connectivity index (χ0) is 10.8. The van der Waals surface area contributed by atoms with Crippen molar-refractivity contribution in [2.45, 2.75) is 37.3 Å². The topological polar surface area (TPSA) is 0 Å². The Bertz CT molecular complexity index is 337. The molecule has 1 aromatic rings. The molecule has 0 atom stereocenters. The summed E-state index contributed by atoms with van der Waals surface area (Å²) < 4.78 is 0.119. The predicted molar refractivity (Wildman–Crippen MR) is 65.9 cm³/mol. The molecule has 0 fully saturated rings. The van der Waals surface area contributed by atoms with Crippen molar-refractivity contribution in [2.75, 3.05) is 0 Å². The first kappa shape index (κ1) is 11.4. The van der Waals surface area contributed by atoms with Crippen LogP contribution in [0.2, 0.25) is 0 Å². The van der Waals surface area contributed by atoms with E-state index in [0.29, 0.717) is 0 Å². The van der Waals surface area contributed by atoms with E-state index in [4.69, 9.17) is 0 Å². The Hall–Kier alpha value is -0.690. The van der Waals surface area contributed by atoms with E-state index in [-0.39, 0.29) is 4.75 Å². The lowest BCUT2D eigenvalue weighted by atomic mass is 10.1. The number of aryl methyl sites for hydroxylation is 1. The van der Waals surface area contributed by atoms with Gasteiger partial charge in [0.2, 0.25) is 0 Å². The maximum atomic E-state index is 4.02. The van der Waals surface area contributed by atoms with Crippen LogP contribution in [0.5, 0.6) is 0 Å². The summed E-state index contributed by atoms with van der Waals surface area (Å²) in [6.45, 7) is 12.7. The molecule has 0 spiro atoms. The minimum atomic E-state index is 0.119. The number of hydrogen-bond acceptors (Lipinski definition) is 1. The molecule has 0 aliphatic heterocycles. The molecular weight excluding hydrogens is 188 g/mol. The Balaban J connectivity index is 2.83. The molecule has 0 unspecified atom stereocenters. The summed E-state index contributed by atoms with van der Waals surface area (Å²) in [5.41, 5.74) is 2.52. The summed E-state index contributed by atoms with van der Waals surface area (Å²) in [7, 11) is 0. The fraction of sp³-hybridized carbons (Fsp3) is 0.385. The monoisotopic (exact) mass is 206 g/mol. The molecule has 0 saturated carbocycles. The highest BCUT2D eigenvalue weighted by Gasteiger charge is 2.19. The average molecular weight is 206 g/mol. The highest BCUT2D eigenvalue weighted by atomic mass is 32.2. The molecule has 1 aromatic carbocycles. The second-order valence-corrected chi connectivity index (χ2v) is 5.91. The Kier molecular flexibility index (Phi) is 3.43. The molecule has 1 rings (SSSR count). The highest BCUT2D eigenvalue weighted by Crippen LogP contribution is 2.37. The van der Waals surface area contributed by atoms with Crippen molar-refractivity contribution >= 4 is 11.8 Å². The lowest BCUT2D eigenvalue weighted by Crippen LogP contribution is -2.14. The Morgan fingerprint density at radius 2 is 2.00 bits per heavy atom. The van der Waals surface area contributed by atoms with Crippen LogP contribution in [0, 0.1) is 6.92 Å². The van der Waals surface area contributed by atoms with Gasteiger partial charge in [-0.2, -0.15) is 0 Å². The molecule has 0 bridgehead atoms. The molecule has 76 valence electrons. The van der Waals surface area contributed by atoms with Crippen LogP contribution in [0.1, 0.15) is 26.3 Å². The summed E-state index contributed by atoms with van der Waals surface area (Å²) in [6.07, 6.45) is 0. The second-order valence-electron chi connectivity index (χ2n) is 4.21. The summed E-state index contributed by atoms with van der Waals surface area (Å²) in [5, 5.41) is 0. The van der Waals surface area contributed by atoms with Crippen LogP contribution in [0.4, 0.5) is 0 Å². The van der Waals surface area contributed by atoms with Crippen LogP contribution in [0.3, 0.4) is 0 Å². The number of hydrogen-bond donors (Lipinski definition) is 0. The van der Waals surface area contributed by atoms with Crippen molar-refractivity contribution in [3.05, 3.63) is 42.0 Å². The lowest BCUT2D eigenvalue weighted by molar-refractivity contribution is 0.836. The quantitative estimate of drug-likeness (QED) is 0.520. The van der Waals surface area contributed by atoms with Gasteiger partial charge in [0.1, 0.15) is 0 Å². The smallest absolute Gasteiger partial charge is 0.0353 e. The molecule has 14 heavy (non-hydrogen) atoms. The van der Waals surface area contributed by atoms with Crippen molar-refractivity contribution in [3.63, 3.8) is 0 Å². The van der Waals surface area contributed by atoms with Gasteiger partial charge in [0.05, 0.1) is 0 Å². The first-order valence-corrected chi connectivity index (χ1v) is 5.65. The molecule has 0 nitrogen and oxygen atoms in total. The van der Waals surface area contributed by atoms with Gasteiger partial charge in [0.25, 0.3) is 0 Å². The van der Waals surface area contributed by atoms with Gasteiger partial charge in [-0.05, 0) is 39.8 Å². The minimum Gasteiger partial charge on any atom is -0.115 e. The summed E-state index contributed by atoms with van der Waals surface area (Å²) in [6, 6.07) is 8.60. The predicted octanol–water partition coefficient (Wildman–Crippen LogP) is 4.44. The molecule has 0 amide bonds. The van der Waals surface area contributed by atoms with Gasteiger partial charge in [0.15, 0.2) is 0 Å². The van der Waals surface area contributed by atoms with Crippen LogP contribution in [-0.4, -0.2) is 4.75 Å². The number of rotatable bonds is 3. The van der Waals surface area contributed by atoms with Crippen molar-refractivity contribution in [1.29, 1.82) is 0 Å². The Morgan fingerprint density at radius 3 is 2.50 bits per heavy atom. The van der Waals surface area contributed by atoms with E-state index in [1.165, 1.54) is 16.0 Å². The van der Waals surface area contributed by atoms with Gasteiger partial charge < -0.3 is 0 Å². The first-order valence-electron chi connectivity index (χ1n) is 4.83. The van der Waals surface area contributed by atoms with E-state index < -0.39 is 0 Å². The number of thioether (sulfide) groups is 1. The van der Waals surface area contributed by atoms with Gasteiger partial charge in [-0.1, -0.05) is 29.8 Å². The van der Waals surface area contributed by atoms with Crippen LogP contribution in [-0.2, 0) is 0 Å². The van der Waals surface area contributed by atoms with Crippen molar-refractivity contribution < 1.29 is 0 Å². The van der Waals surface area contributed by atoms with Crippen LogP contribution in [0.25, 0.3) is 0 Å². The summed E-state index contributed by atoms with van der Waals surface area (Å²) in [5.74, 6) is 0. The SMILES string of the molecule is C=C(C)C(C)(C)Sc1cccc(C)c1. The van der Waals surface area contributed by atoms with Crippen LogP contribution >= 0.6 is 11.8 Å². The third kappa shape index (κ3) is 2.91. The van der Waals surface area contributed by atoms with Crippen LogP contribution < -0.4 is 0 Å². The van der Waals surface area contributed by atoms with E-state index in [0.717, 1.165) is 0 Å². The zero-order valence-electron chi connectivity index (χ0n) is 9.42. The molecule has 0 radical (unpaired) electrons. The molecule has 0 heterocycles. The summed E-state index contributed by atoms with van der Waals surface area (Å²) in [4.78, 5) is 1.32. The third-order valence-electron chi connectivity index (χ3n) is 2.39. The molecule has 0 aliphatic carbocycles.